The first kappa shape index (κ1) is 23.1. The summed E-state index contributed by atoms with van der Waals surface area (Å²) in [6.45, 7) is 4.94. The third-order valence-electron chi connectivity index (χ3n) is 5.16. The number of aliphatic hydroxyl groups is 2. The topological polar surface area (TPSA) is 69.6 Å². The van der Waals surface area contributed by atoms with Crippen LogP contribution in [0.15, 0.2) is 54.6 Å². The number of nitrogens with one attached hydrogen (secondary N) is 1. The minimum absolute atomic E-state index is 0.228. The highest BCUT2D eigenvalue weighted by atomic mass is 16.3. The van der Waals surface area contributed by atoms with Crippen LogP contribution in [0.3, 0.4) is 0 Å². The Bertz CT molecular complexity index is 729. The van der Waals surface area contributed by atoms with Crippen molar-refractivity contribution in [3.8, 4) is 0 Å². The van der Waals surface area contributed by atoms with Gasteiger partial charge in [-0.15, -0.1) is 0 Å². The van der Waals surface area contributed by atoms with Crippen LogP contribution >= 0.6 is 0 Å². The molecule has 3 rings (SSSR count). The number of amides is 1. The van der Waals surface area contributed by atoms with Crippen molar-refractivity contribution in [3.63, 3.8) is 0 Å². The van der Waals surface area contributed by atoms with E-state index < -0.39 is 11.8 Å². The van der Waals surface area contributed by atoms with Crippen molar-refractivity contribution >= 4 is 5.91 Å². The zero-order valence-electron chi connectivity index (χ0n) is 17.9. The largest absolute Gasteiger partial charge is 0.393 e. The SMILES string of the molecule is CC[C@@H](O)C[C@@H](Cc1ccccc1)C(=O)NC(C)(C)O.c1ccc2c(c1)CCC2. The van der Waals surface area contributed by atoms with Crippen LogP contribution in [0.1, 0.15) is 56.7 Å². The molecule has 2 aromatic rings. The van der Waals surface area contributed by atoms with Gasteiger partial charge < -0.3 is 15.5 Å². The summed E-state index contributed by atoms with van der Waals surface area (Å²) in [4.78, 5) is 12.2. The summed E-state index contributed by atoms with van der Waals surface area (Å²) in [5.41, 5.74) is 2.94. The van der Waals surface area contributed by atoms with Gasteiger partial charge in [-0.3, -0.25) is 4.79 Å². The number of benzene rings is 2. The van der Waals surface area contributed by atoms with E-state index in [9.17, 15) is 15.0 Å². The number of hydrogen-bond donors (Lipinski definition) is 3. The first-order valence-electron chi connectivity index (χ1n) is 10.6. The summed E-state index contributed by atoms with van der Waals surface area (Å²) in [7, 11) is 0. The lowest BCUT2D eigenvalue weighted by molar-refractivity contribution is -0.132. The van der Waals surface area contributed by atoms with Crippen LogP contribution in [0, 0.1) is 5.92 Å². The van der Waals surface area contributed by atoms with Crippen molar-refractivity contribution in [1.29, 1.82) is 0 Å². The molecule has 0 heterocycles. The van der Waals surface area contributed by atoms with E-state index in [1.54, 1.807) is 11.1 Å². The van der Waals surface area contributed by atoms with Gasteiger partial charge in [0.25, 0.3) is 0 Å². The highest BCUT2D eigenvalue weighted by Gasteiger charge is 2.26. The molecule has 0 saturated carbocycles. The smallest absolute Gasteiger partial charge is 0.225 e. The Morgan fingerprint density at radius 1 is 1.03 bits per heavy atom. The van der Waals surface area contributed by atoms with Gasteiger partial charge in [-0.2, -0.15) is 0 Å². The minimum Gasteiger partial charge on any atom is -0.393 e. The molecule has 0 unspecified atom stereocenters. The van der Waals surface area contributed by atoms with Crippen LogP contribution in [-0.2, 0) is 24.1 Å². The van der Waals surface area contributed by atoms with Gasteiger partial charge in [-0.05, 0) is 69.1 Å². The quantitative estimate of drug-likeness (QED) is 0.618. The van der Waals surface area contributed by atoms with Crippen molar-refractivity contribution in [2.75, 3.05) is 0 Å². The number of rotatable bonds is 7. The molecule has 0 aliphatic heterocycles. The molecule has 2 atom stereocenters. The first-order valence-corrected chi connectivity index (χ1v) is 10.6. The molecule has 0 aromatic heterocycles. The highest BCUT2D eigenvalue weighted by Crippen LogP contribution is 2.20. The maximum atomic E-state index is 12.2. The maximum absolute atomic E-state index is 12.2. The molecule has 2 aromatic carbocycles. The van der Waals surface area contributed by atoms with Crippen LogP contribution in [-0.4, -0.2) is 27.9 Å². The van der Waals surface area contributed by atoms with Crippen molar-refractivity contribution in [1.82, 2.24) is 5.32 Å². The van der Waals surface area contributed by atoms with Crippen LogP contribution in [0.4, 0.5) is 0 Å². The number of aliphatic hydroxyl groups excluding tert-OH is 1. The van der Waals surface area contributed by atoms with E-state index in [1.165, 1.54) is 33.1 Å². The molecule has 0 radical (unpaired) electrons. The number of carbonyl (C=O) groups is 1. The van der Waals surface area contributed by atoms with Gasteiger partial charge in [0.15, 0.2) is 0 Å². The summed E-state index contributed by atoms with van der Waals surface area (Å²) >= 11 is 0. The molecule has 1 amide bonds. The van der Waals surface area contributed by atoms with Gasteiger partial charge in [-0.1, -0.05) is 61.5 Å². The molecular weight excluding hydrogens is 362 g/mol. The lowest BCUT2D eigenvalue weighted by Gasteiger charge is -2.25. The summed E-state index contributed by atoms with van der Waals surface area (Å²) < 4.78 is 0. The van der Waals surface area contributed by atoms with Gasteiger partial charge in [0.05, 0.1) is 6.10 Å². The zero-order valence-corrected chi connectivity index (χ0v) is 17.9. The van der Waals surface area contributed by atoms with Gasteiger partial charge in [-0.25, -0.2) is 0 Å². The zero-order chi connectivity index (χ0) is 21.3. The molecule has 0 fully saturated rings. The lowest BCUT2D eigenvalue weighted by Crippen LogP contribution is -2.47. The average Bonchev–Trinajstić information content (AvgIpc) is 3.16. The second kappa shape index (κ2) is 11.1. The van der Waals surface area contributed by atoms with Gasteiger partial charge >= 0.3 is 0 Å². The van der Waals surface area contributed by atoms with E-state index in [0.717, 1.165) is 5.56 Å². The van der Waals surface area contributed by atoms with Crippen molar-refractivity contribution in [2.24, 2.45) is 5.92 Å². The Hall–Kier alpha value is -2.17. The van der Waals surface area contributed by atoms with Crippen LogP contribution in [0.5, 0.6) is 0 Å². The molecule has 0 spiro atoms. The Morgan fingerprint density at radius 3 is 2.10 bits per heavy atom. The van der Waals surface area contributed by atoms with Crippen molar-refractivity contribution < 1.29 is 15.0 Å². The normalized spacial score (nSPS) is 14.9. The third kappa shape index (κ3) is 8.38. The number of carbonyl (C=O) groups excluding carboxylic acids is 1. The highest BCUT2D eigenvalue weighted by molar-refractivity contribution is 5.79. The second-order valence-electron chi connectivity index (χ2n) is 8.35. The molecule has 29 heavy (non-hydrogen) atoms. The molecule has 1 aliphatic rings. The predicted octanol–water partition coefficient (Wildman–Crippen LogP) is 4.03. The van der Waals surface area contributed by atoms with E-state index in [-0.39, 0.29) is 11.8 Å². The first-order chi connectivity index (χ1) is 13.8. The standard InChI is InChI=1S/C16H25NO3.C9H10/c1-4-14(18)11-13(15(19)17-16(2,3)20)10-12-8-6-5-7-9-12;1-2-5-9-7-3-6-8(9)4-1/h5-9,13-14,18,20H,4,10-11H2,1-3H3,(H,17,19);1-2,4-5H,3,6-7H2/t13-,14-;/m1./s1. The van der Waals surface area contributed by atoms with E-state index in [1.807, 2.05) is 37.3 Å². The minimum atomic E-state index is -1.25. The summed E-state index contributed by atoms with van der Waals surface area (Å²) in [6.07, 6.45) is 5.02. The molecule has 158 valence electrons. The van der Waals surface area contributed by atoms with Crippen LogP contribution < -0.4 is 5.32 Å². The Kier molecular flexibility index (Phi) is 8.87. The fraction of sp³-hybridized carbons (Fsp3) is 0.480. The number of aryl methyl sites for hydroxylation is 2. The molecule has 4 nitrogen and oxygen atoms in total. The van der Waals surface area contributed by atoms with Gasteiger partial charge in [0, 0.05) is 5.92 Å². The lowest BCUT2D eigenvalue weighted by atomic mass is 9.91. The van der Waals surface area contributed by atoms with Crippen molar-refractivity contribution in [2.45, 2.75) is 71.1 Å². The predicted molar refractivity (Wildman–Crippen MR) is 117 cm³/mol. The van der Waals surface area contributed by atoms with Gasteiger partial charge in [0.1, 0.15) is 5.72 Å². The second-order valence-corrected chi connectivity index (χ2v) is 8.35. The van der Waals surface area contributed by atoms with Crippen molar-refractivity contribution in [3.05, 3.63) is 71.3 Å². The maximum Gasteiger partial charge on any atom is 0.225 e. The number of fused-ring (bicyclic) bond motifs is 1. The molecule has 0 saturated heterocycles. The third-order valence-corrected chi connectivity index (χ3v) is 5.16. The summed E-state index contributed by atoms with van der Waals surface area (Å²) in [5, 5.41) is 22.1. The summed E-state index contributed by atoms with van der Waals surface area (Å²) in [6, 6.07) is 18.4. The average molecular weight is 398 g/mol. The molecule has 1 aliphatic carbocycles. The van der Waals surface area contributed by atoms with Gasteiger partial charge in [0.2, 0.25) is 5.91 Å². The Morgan fingerprint density at radius 2 is 1.59 bits per heavy atom. The van der Waals surface area contributed by atoms with E-state index in [0.29, 0.717) is 19.3 Å². The Balaban J connectivity index is 0.000000272. The molecular formula is C25H35NO3. The van der Waals surface area contributed by atoms with Crippen LogP contribution in [0.2, 0.25) is 0 Å². The molecule has 3 N–H and O–H groups in total. The monoisotopic (exact) mass is 397 g/mol. The van der Waals surface area contributed by atoms with E-state index in [4.69, 9.17) is 0 Å². The van der Waals surface area contributed by atoms with Crippen LogP contribution in [0.25, 0.3) is 0 Å². The molecule has 4 heteroatoms. The van der Waals surface area contributed by atoms with E-state index >= 15 is 0 Å². The molecule has 0 bridgehead atoms. The summed E-state index contributed by atoms with van der Waals surface area (Å²) in [5.74, 6) is -0.576. The number of hydrogen-bond acceptors (Lipinski definition) is 3. The Labute approximate surface area is 175 Å². The van der Waals surface area contributed by atoms with E-state index in [2.05, 4.69) is 29.6 Å². The fourth-order valence-corrected chi connectivity index (χ4v) is 3.59. The fourth-order valence-electron chi connectivity index (χ4n) is 3.59.